The molecule has 0 radical (unpaired) electrons. The standard InChI is InChI=1S/C23H25N7O/c1-31-21-9-23-25-12-20(19-3-2-4-22(28-19)27-16-7-8-24-11-16)29(23)14-18(21)15-10-26-30(13-15)17-5-6-17/h2-4,9-10,12-14,16-17,24H,5-8,11H2,1H3,(H,27,28). The molecule has 1 aliphatic heterocycles. The highest BCUT2D eigenvalue weighted by Gasteiger charge is 2.25. The number of nitrogens with zero attached hydrogens (tertiary/aromatic N) is 5. The van der Waals surface area contributed by atoms with Gasteiger partial charge in [-0.1, -0.05) is 6.07 Å². The number of fused-ring (bicyclic) bond motifs is 1. The van der Waals surface area contributed by atoms with Crippen molar-refractivity contribution in [3.05, 3.63) is 49.1 Å². The summed E-state index contributed by atoms with van der Waals surface area (Å²) >= 11 is 0. The van der Waals surface area contributed by atoms with Gasteiger partial charge < -0.3 is 15.4 Å². The normalized spacial score (nSPS) is 18.5. The van der Waals surface area contributed by atoms with Gasteiger partial charge in [0.15, 0.2) is 0 Å². The lowest BCUT2D eigenvalue weighted by molar-refractivity contribution is 0.416. The number of pyridine rings is 2. The molecule has 8 heteroatoms. The molecule has 6 rings (SSSR count). The van der Waals surface area contributed by atoms with Crippen LogP contribution in [-0.2, 0) is 0 Å². The van der Waals surface area contributed by atoms with Crippen LogP contribution < -0.4 is 15.4 Å². The number of hydrogen-bond donors (Lipinski definition) is 2. The van der Waals surface area contributed by atoms with Crippen molar-refractivity contribution in [2.24, 2.45) is 0 Å². The van der Waals surface area contributed by atoms with E-state index in [2.05, 4.69) is 42.2 Å². The third-order valence-corrected chi connectivity index (χ3v) is 6.09. The molecular formula is C23H25N7O. The molecule has 1 atom stereocenters. The van der Waals surface area contributed by atoms with Crippen LogP contribution in [0.25, 0.3) is 28.2 Å². The Labute approximate surface area is 180 Å². The van der Waals surface area contributed by atoms with Crippen molar-refractivity contribution >= 4 is 11.5 Å². The van der Waals surface area contributed by atoms with Crippen LogP contribution in [0.2, 0.25) is 0 Å². The molecule has 0 aromatic carbocycles. The minimum Gasteiger partial charge on any atom is -0.496 e. The van der Waals surface area contributed by atoms with Crippen molar-refractivity contribution in [3.63, 3.8) is 0 Å². The predicted molar refractivity (Wildman–Crippen MR) is 119 cm³/mol. The molecule has 1 unspecified atom stereocenters. The van der Waals surface area contributed by atoms with Gasteiger partial charge in [-0.05, 0) is 37.9 Å². The highest BCUT2D eigenvalue weighted by molar-refractivity contribution is 5.73. The van der Waals surface area contributed by atoms with Crippen LogP contribution in [0.1, 0.15) is 25.3 Å². The van der Waals surface area contributed by atoms with Crippen molar-refractivity contribution in [2.45, 2.75) is 31.3 Å². The summed E-state index contributed by atoms with van der Waals surface area (Å²) in [6.45, 7) is 2.02. The van der Waals surface area contributed by atoms with Crippen LogP contribution in [0.15, 0.2) is 49.1 Å². The number of hydrogen-bond acceptors (Lipinski definition) is 6. The first kappa shape index (κ1) is 18.4. The molecule has 2 fully saturated rings. The Morgan fingerprint density at radius 2 is 2.10 bits per heavy atom. The van der Waals surface area contributed by atoms with E-state index in [0.29, 0.717) is 12.1 Å². The summed E-state index contributed by atoms with van der Waals surface area (Å²) in [6.07, 6.45) is 11.5. The van der Waals surface area contributed by atoms with Crippen molar-refractivity contribution in [2.75, 3.05) is 25.5 Å². The smallest absolute Gasteiger partial charge is 0.140 e. The minimum absolute atomic E-state index is 0.420. The Kier molecular flexibility index (Phi) is 4.38. The highest BCUT2D eigenvalue weighted by Crippen LogP contribution is 2.37. The SMILES string of the molecule is COc1cc2ncc(-c3cccc(NC4CCNC4)n3)n2cc1-c1cnn(C2CC2)c1. The Bertz CT molecular complexity index is 1230. The third-order valence-electron chi connectivity index (χ3n) is 6.09. The van der Waals surface area contributed by atoms with Crippen LogP contribution in [-0.4, -0.2) is 50.4 Å². The lowest BCUT2D eigenvalue weighted by Crippen LogP contribution is -2.22. The molecule has 2 aliphatic rings. The van der Waals surface area contributed by atoms with Gasteiger partial charge in [0, 0.05) is 42.2 Å². The first-order valence-electron chi connectivity index (χ1n) is 10.8. The maximum absolute atomic E-state index is 5.68. The molecule has 31 heavy (non-hydrogen) atoms. The number of rotatable bonds is 6. The van der Waals surface area contributed by atoms with E-state index in [-0.39, 0.29) is 0 Å². The first-order chi connectivity index (χ1) is 15.3. The molecule has 0 amide bonds. The van der Waals surface area contributed by atoms with Gasteiger partial charge in [0.25, 0.3) is 0 Å². The van der Waals surface area contributed by atoms with Crippen molar-refractivity contribution in [1.29, 1.82) is 0 Å². The second-order valence-corrected chi connectivity index (χ2v) is 8.31. The zero-order valence-corrected chi connectivity index (χ0v) is 17.5. The van der Waals surface area contributed by atoms with Gasteiger partial charge in [-0.2, -0.15) is 5.10 Å². The summed E-state index contributed by atoms with van der Waals surface area (Å²) < 4.78 is 9.82. The number of imidazole rings is 1. The second-order valence-electron chi connectivity index (χ2n) is 8.31. The van der Waals surface area contributed by atoms with Gasteiger partial charge in [0.2, 0.25) is 0 Å². The number of anilines is 1. The molecule has 0 spiro atoms. The number of ether oxygens (including phenoxy) is 1. The number of aromatic nitrogens is 5. The van der Waals surface area contributed by atoms with Gasteiger partial charge in [0.05, 0.1) is 36.9 Å². The quantitative estimate of drug-likeness (QED) is 0.503. The maximum Gasteiger partial charge on any atom is 0.140 e. The van der Waals surface area contributed by atoms with Crippen LogP contribution in [0.5, 0.6) is 5.75 Å². The molecule has 1 aliphatic carbocycles. The number of methoxy groups -OCH3 is 1. The molecular weight excluding hydrogens is 390 g/mol. The largest absolute Gasteiger partial charge is 0.496 e. The molecule has 1 saturated heterocycles. The van der Waals surface area contributed by atoms with E-state index in [1.165, 1.54) is 12.8 Å². The third kappa shape index (κ3) is 3.42. The zero-order chi connectivity index (χ0) is 20.8. The summed E-state index contributed by atoms with van der Waals surface area (Å²) in [5, 5.41) is 11.5. The fourth-order valence-electron chi connectivity index (χ4n) is 4.24. The Morgan fingerprint density at radius 3 is 2.90 bits per heavy atom. The van der Waals surface area contributed by atoms with Crippen LogP contribution >= 0.6 is 0 Å². The molecule has 8 nitrogen and oxygen atoms in total. The van der Waals surface area contributed by atoms with E-state index in [4.69, 9.17) is 9.72 Å². The molecule has 4 aromatic rings. The van der Waals surface area contributed by atoms with E-state index < -0.39 is 0 Å². The summed E-state index contributed by atoms with van der Waals surface area (Å²) in [5.74, 6) is 1.68. The lowest BCUT2D eigenvalue weighted by Gasteiger charge is -2.13. The van der Waals surface area contributed by atoms with Crippen molar-refractivity contribution < 1.29 is 4.74 Å². The summed E-state index contributed by atoms with van der Waals surface area (Å²) in [7, 11) is 1.69. The average molecular weight is 416 g/mol. The Hall–Kier alpha value is -3.39. The fourth-order valence-corrected chi connectivity index (χ4v) is 4.24. The van der Waals surface area contributed by atoms with Crippen molar-refractivity contribution in [3.8, 4) is 28.3 Å². The fraction of sp³-hybridized carbons (Fsp3) is 0.348. The first-order valence-corrected chi connectivity index (χ1v) is 10.8. The monoisotopic (exact) mass is 415 g/mol. The van der Waals surface area contributed by atoms with Gasteiger partial charge in [-0.3, -0.25) is 9.08 Å². The van der Waals surface area contributed by atoms with Gasteiger partial charge in [0.1, 0.15) is 17.2 Å². The predicted octanol–water partition coefficient (Wildman–Crippen LogP) is 3.38. The van der Waals surface area contributed by atoms with Crippen molar-refractivity contribution in [1.82, 2.24) is 29.5 Å². The lowest BCUT2D eigenvalue weighted by atomic mass is 10.1. The molecule has 1 saturated carbocycles. The Morgan fingerprint density at radius 1 is 1.16 bits per heavy atom. The topological polar surface area (TPSA) is 81.3 Å². The molecule has 4 aromatic heterocycles. The summed E-state index contributed by atoms with van der Waals surface area (Å²) in [6, 6.07) is 9.02. The second kappa shape index (κ2) is 7.39. The number of nitrogens with one attached hydrogen (secondary N) is 2. The average Bonchev–Trinajstić information content (AvgIpc) is 3.19. The van der Waals surface area contributed by atoms with E-state index in [1.807, 2.05) is 36.7 Å². The van der Waals surface area contributed by atoms with E-state index in [9.17, 15) is 0 Å². The zero-order valence-electron chi connectivity index (χ0n) is 17.5. The molecule has 0 bridgehead atoms. The van der Waals surface area contributed by atoms with Gasteiger partial charge in [-0.25, -0.2) is 9.97 Å². The maximum atomic E-state index is 5.68. The Balaban J connectivity index is 1.40. The molecule has 5 heterocycles. The van der Waals surface area contributed by atoms with Crippen LogP contribution in [0.3, 0.4) is 0 Å². The highest BCUT2D eigenvalue weighted by atomic mass is 16.5. The van der Waals surface area contributed by atoms with Gasteiger partial charge >= 0.3 is 0 Å². The van der Waals surface area contributed by atoms with Crippen LogP contribution in [0.4, 0.5) is 5.82 Å². The van der Waals surface area contributed by atoms with Crippen LogP contribution in [0, 0.1) is 0 Å². The van der Waals surface area contributed by atoms with Gasteiger partial charge in [-0.15, -0.1) is 0 Å². The van der Waals surface area contributed by atoms with E-state index >= 15 is 0 Å². The minimum atomic E-state index is 0.420. The summed E-state index contributed by atoms with van der Waals surface area (Å²) in [4.78, 5) is 9.47. The molecule has 158 valence electrons. The molecule has 2 N–H and O–H groups in total. The van der Waals surface area contributed by atoms with E-state index in [0.717, 1.165) is 59.2 Å². The van der Waals surface area contributed by atoms with E-state index in [1.54, 1.807) is 7.11 Å². The summed E-state index contributed by atoms with van der Waals surface area (Å²) in [5.41, 5.74) is 4.69.